The number of rotatable bonds is 6. The summed E-state index contributed by atoms with van der Waals surface area (Å²) in [5.74, 6) is 0. The summed E-state index contributed by atoms with van der Waals surface area (Å²) in [7, 11) is 0. The average molecular weight is 291 g/mol. The summed E-state index contributed by atoms with van der Waals surface area (Å²) in [6.07, 6.45) is -3.02. The first kappa shape index (κ1) is 17.8. The molecule has 4 N–H and O–H groups in total. The predicted molar refractivity (Wildman–Crippen MR) is 69.9 cm³/mol. The monoisotopic (exact) mass is 291 g/mol. The van der Waals surface area contributed by atoms with Crippen LogP contribution in [0.1, 0.15) is 20.8 Å². The molecule has 0 fully saturated rings. The number of carbonyl (C=O) groups excluding carboxylic acids is 1. The van der Waals surface area contributed by atoms with Crippen LogP contribution >= 0.6 is 0 Å². The van der Waals surface area contributed by atoms with Crippen molar-refractivity contribution >= 4 is 18.3 Å². The van der Waals surface area contributed by atoms with Crippen molar-refractivity contribution in [1.29, 1.82) is 0 Å². The Morgan fingerprint density at radius 1 is 1.00 bits per heavy atom. The van der Waals surface area contributed by atoms with Crippen LogP contribution in [0.25, 0.3) is 0 Å². The molecule has 9 nitrogen and oxygen atoms in total. The molecule has 0 aliphatic carbocycles. The van der Waals surface area contributed by atoms with Crippen LogP contribution in [0.3, 0.4) is 0 Å². The standard InChI is InChI=1S/C11H21N3O6/c1-11(2,3)20-10(19)14(6-4-12-8(15)16)7-5-13-9(17)18/h12-13H,4-7H2,1-3H3,(H,15,16)(H,17,18). The van der Waals surface area contributed by atoms with E-state index < -0.39 is 23.9 Å². The Labute approximate surface area is 116 Å². The van der Waals surface area contributed by atoms with Gasteiger partial charge in [0.1, 0.15) is 5.60 Å². The lowest BCUT2D eigenvalue weighted by molar-refractivity contribution is 0.0253. The number of carboxylic acid groups (broad SMARTS) is 2. The summed E-state index contributed by atoms with van der Waals surface area (Å²) < 4.78 is 5.15. The molecule has 0 aromatic carbocycles. The van der Waals surface area contributed by atoms with Gasteiger partial charge in [-0.3, -0.25) is 0 Å². The molecular weight excluding hydrogens is 270 g/mol. The molecule has 0 unspecified atom stereocenters. The number of hydrogen-bond acceptors (Lipinski definition) is 4. The molecule has 0 aromatic rings. The van der Waals surface area contributed by atoms with Crippen LogP contribution in [0.5, 0.6) is 0 Å². The van der Waals surface area contributed by atoms with Crippen molar-refractivity contribution in [3.8, 4) is 0 Å². The van der Waals surface area contributed by atoms with E-state index in [0.717, 1.165) is 0 Å². The molecule has 0 saturated heterocycles. The maximum atomic E-state index is 11.9. The van der Waals surface area contributed by atoms with Gasteiger partial charge in [-0.2, -0.15) is 0 Å². The number of ether oxygens (including phenoxy) is 1. The van der Waals surface area contributed by atoms with Crippen LogP contribution in [-0.4, -0.2) is 65.2 Å². The molecule has 0 rings (SSSR count). The van der Waals surface area contributed by atoms with E-state index in [2.05, 4.69) is 10.6 Å². The fourth-order valence-electron chi connectivity index (χ4n) is 1.22. The van der Waals surface area contributed by atoms with Gasteiger partial charge in [-0.15, -0.1) is 0 Å². The minimum Gasteiger partial charge on any atom is -0.465 e. The highest BCUT2D eigenvalue weighted by Gasteiger charge is 2.21. The maximum absolute atomic E-state index is 11.9. The fraction of sp³-hybridized carbons (Fsp3) is 0.727. The first-order valence-corrected chi connectivity index (χ1v) is 6.03. The van der Waals surface area contributed by atoms with Crippen LogP contribution in [0.15, 0.2) is 0 Å². The van der Waals surface area contributed by atoms with Gasteiger partial charge in [0.05, 0.1) is 0 Å². The topological polar surface area (TPSA) is 128 Å². The van der Waals surface area contributed by atoms with E-state index in [-0.39, 0.29) is 26.2 Å². The van der Waals surface area contributed by atoms with Crippen LogP contribution in [0, 0.1) is 0 Å². The van der Waals surface area contributed by atoms with Gasteiger partial charge < -0.3 is 30.5 Å². The van der Waals surface area contributed by atoms with Crippen molar-refractivity contribution < 1.29 is 29.3 Å². The van der Waals surface area contributed by atoms with Crippen LogP contribution in [0.4, 0.5) is 14.4 Å². The average Bonchev–Trinajstić information content (AvgIpc) is 2.23. The molecule has 0 spiro atoms. The molecule has 20 heavy (non-hydrogen) atoms. The SMILES string of the molecule is CC(C)(C)OC(=O)N(CCNC(=O)O)CCNC(=O)O. The summed E-state index contributed by atoms with van der Waals surface area (Å²) in [6.45, 7) is 5.34. The van der Waals surface area contributed by atoms with Crippen molar-refractivity contribution in [3.63, 3.8) is 0 Å². The molecule has 3 amide bonds. The zero-order valence-electron chi connectivity index (χ0n) is 11.8. The Hall–Kier alpha value is -2.19. The van der Waals surface area contributed by atoms with E-state index >= 15 is 0 Å². The van der Waals surface area contributed by atoms with Gasteiger partial charge in [0.15, 0.2) is 0 Å². The third kappa shape index (κ3) is 9.80. The molecule has 0 aromatic heterocycles. The Kier molecular flexibility index (Phi) is 7.19. The van der Waals surface area contributed by atoms with Crippen molar-refractivity contribution in [2.45, 2.75) is 26.4 Å². The summed E-state index contributed by atoms with van der Waals surface area (Å²) in [4.78, 5) is 33.8. The van der Waals surface area contributed by atoms with Crippen molar-refractivity contribution in [1.82, 2.24) is 15.5 Å². The lowest BCUT2D eigenvalue weighted by Gasteiger charge is -2.27. The lowest BCUT2D eigenvalue weighted by atomic mass is 10.2. The largest absolute Gasteiger partial charge is 0.465 e. The van der Waals surface area contributed by atoms with Gasteiger partial charge in [-0.05, 0) is 20.8 Å². The van der Waals surface area contributed by atoms with Gasteiger partial charge in [-0.25, -0.2) is 14.4 Å². The Bertz CT molecular complexity index is 333. The molecule has 0 aliphatic rings. The van der Waals surface area contributed by atoms with E-state index in [1.165, 1.54) is 4.90 Å². The van der Waals surface area contributed by atoms with E-state index in [1.807, 2.05) is 0 Å². The quantitative estimate of drug-likeness (QED) is 0.572. The summed E-state index contributed by atoms with van der Waals surface area (Å²) in [5.41, 5.74) is -0.685. The smallest absolute Gasteiger partial charge is 0.410 e. The van der Waals surface area contributed by atoms with Gasteiger partial charge >= 0.3 is 18.3 Å². The second-order valence-corrected chi connectivity index (χ2v) is 4.93. The van der Waals surface area contributed by atoms with Gasteiger partial charge in [0.2, 0.25) is 0 Å². The number of hydrogen-bond donors (Lipinski definition) is 4. The first-order valence-electron chi connectivity index (χ1n) is 6.03. The highest BCUT2D eigenvalue weighted by atomic mass is 16.6. The minimum absolute atomic E-state index is 0.0294. The van der Waals surface area contributed by atoms with E-state index in [9.17, 15) is 14.4 Å². The second kappa shape index (κ2) is 8.08. The third-order valence-electron chi connectivity index (χ3n) is 1.97. The van der Waals surface area contributed by atoms with E-state index in [0.29, 0.717) is 0 Å². The van der Waals surface area contributed by atoms with Crippen LogP contribution in [0.2, 0.25) is 0 Å². The number of amides is 3. The van der Waals surface area contributed by atoms with E-state index in [4.69, 9.17) is 14.9 Å². The molecule has 9 heteroatoms. The second-order valence-electron chi connectivity index (χ2n) is 4.93. The zero-order chi connectivity index (χ0) is 15.8. The summed E-state index contributed by atoms with van der Waals surface area (Å²) in [5, 5.41) is 21.2. The molecule has 0 bridgehead atoms. The van der Waals surface area contributed by atoms with Gasteiger partial charge in [-0.1, -0.05) is 0 Å². The molecule has 0 heterocycles. The molecule has 0 radical (unpaired) electrons. The number of carbonyl (C=O) groups is 3. The summed E-state index contributed by atoms with van der Waals surface area (Å²) >= 11 is 0. The molecule has 116 valence electrons. The van der Waals surface area contributed by atoms with Crippen LogP contribution in [-0.2, 0) is 4.74 Å². The Balaban J connectivity index is 4.40. The number of nitrogens with one attached hydrogen (secondary N) is 2. The van der Waals surface area contributed by atoms with Crippen molar-refractivity contribution in [2.75, 3.05) is 26.2 Å². The third-order valence-corrected chi connectivity index (χ3v) is 1.97. The first-order chi connectivity index (χ1) is 9.11. The van der Waals surface area contributed by atoms with E-state index in [1.54, 1.807) is 20.8 Å². The van der Waals surface area contributed by atoms with Gasteiger partial charge in [0.25, 0.3) is 0 Å². The lowest BCUT2D eigenvalue weighted by Crippen LogP contribution is -2.44. The summed E-state index contributed by atoms with van der Waals surface area (Å²) in [6, 6.07) is 0. The minimum atomic E-state index is -1.20. The van der Waals surface area contributed by atoms with Crippen molar-refractivity contribution in [2.24, 2.45) is 0 Å². The Morgan fingerprint density at radius 2 is 1.40 bits per heavy atom. The fourth-order valence-corrected chi connectivity index (χ4v) is 1.22. The molecule has 0 saturated carbocycles. The molecule has 0 atom stereocenters. The molecular formula is C11H21N3O6. The van der Waals surface area contributed by atoms with Crippen molar-refractivity contribution in [3.05, 3.63) is 0 Å². The van der Waals surface area contributed by atoms with Gasteiger partial charge in [0, 0.05) is 26.2 Å². The highest BCUT2D eigenvalue weighted by molar-refractivity contribution is 5.69. The highest BCUT2D eigenvalue weighted by Crippen LogP contribution is 2.09. The van der Waals surface area contributed by atoms with Crippen LogP contribution < -0.4 is 10.6 Å². The Morgan fingerprint density at radius 3 is 1.70 bits per heavy atom. The number of nitrogens with zero attached hydrogens (tertiary/aromatic N) is 1. The molecule has 0 aliphatic heterocycles. The maximum Gasteiger partial charge on any atom is 0.410 e. The predicted octanol–water partition coefficient (Wildman–Crippen LogP) is 0.759. The normalized spacial score (nSPS) is 10.6. The zero-order valence-corrected chi connectivity index (χ0v) is 11.8.